The molecule has 174 valence electrons. The summed E-state index contributed by atoms with van der Waals surface area (Å²) in [5, 5.41) is 4.58. The van der Waals surface area contributed by atoms with E-state index in [1.54, 1.807) is 28.4 Å². The van der Waals surface area contributed by atoms with Crippen LogP contribution in [-0.4, -0.2) is 28.4 Å². The van der Waals surface area contributed by atoms with Crippen LogP contribution in [-0.2, 0) is 0 Å². The maximum atomic E-state index is 5.88. The summed E-state index contributed by atoms with van der Waals surface area (Å²) in [6.07, 6.45) is 0. The summed E-state index contributed by atoms with van der Waals surface area (Å²) in [4.78, 5) is 0. The van der Waals surface area contributed by atoms with Crippen molar-refractivity contribution in [3.8, 4) is 23.0 Å². The summed E-state index contributed by atoms with van der Waals surface area (Å²) in [6.45, 7) is 0. The molecule has 0 aliphatic rings. The van der Waals surface area contributed by atoms with Gasteiger partial charge in [0.25, 0.3) is 0 Å². The van der Waals surface area contributed by atoms with Crippen LogP contribution in [0.1, 0.15) is 0 Å². The predicted octanol–water partition coefficient (Wildman–Crippen LogP) is 5.20. The zero-order valence-electron chi connectivity index (χ0n) is 19.8. The van der Waals surface area contributed by atoms with Gasteiger partial charge in [0.15, 0.2) is 0 Å². The first-order valence-corrected chi connectivity index (χ1v) is 14.2. The molecule has 0 aliphatic carbocycles. The SMILES string of the molecule is COc1ccccc1P(c1ccccc1OC)P(c1ccccc1OC)c1ccccc1OC. The number of hydrogen-bond donors (Lipinski definition) is 0. The Morgan fingerprint density at radius 1 is 0.353 bits per heavy atom. The summed E-state index contributed by atoms with van der Waals surface area (Å²) < 4.78 is 23.5. The molecule has 0 N–H and O–H groups in total. The molecule has 0 radical (unpaired) electrons. The number of hydrogen-bond acceptors (Lipinski definition) is 4. The lowest BCUT2D eigenvalue weighted by Crippen LogP contribution is -2.23. The highest BCUT2D eigenvalue weighted by atomic mass is 32.1. The van der Waals surface area contributed by atoms with Crippen molar-refractivity contribution in [3.63, 3.8) is 0 Å². The largest absolute Gasteiger partial charge is 0.496 e. The molecule has 0 atom stereocenters. The first-order valence-electron chi connectivity index (χ1n) is 10.9. The molecular formula is C28H28O4P2. The molecule has 4 aromatic rings. The lowest BCUT2D eigenvalue weighted by molar-refractivity contribution is 0.417. The minimum atomic E-state index is -1.01. The zero-order valence-corrected chi connectivity index (χ0v) is 21.6. The molecule has 0 spiro atoms. The van der Waals surface area contributed by atoms with Crippen LogP contribution < -0.4 is 40.2 Å². The van der Waals surface area contributed by atoms with Crippen molar-refractivity contribution in [2.75, 3.05) is 28.4 Å². The monoisotopic (exact) mass is 490 g/mol. The van der Waals surface area contributed by atoms with Crippen LogP contribution >= 0.6 is 15.2 Å². The average Bonchev–Trinajstić information content (AvgIpc) is 2.91. The topological polar surface area (TPSA) is 36.9 Å². The fourth-order valence-corrected chi connectivity index (χ4v) is 12.3. The van der Waals surface area contributed by atoms with E-state index < -0.39 is 15.2 Å². The molecular weight excluding hydrogens is 462 g/mol. The fraction of sp³-hybridized carbons (Fsp3) is 0.143. The van der Waals surface area contributed by atoms with Gasteiger partial charge in [0, 0.05) is 21.2 Å². The van der Waals surface area contributed by atoms with Gasteiger partial charge < -0.3 is 18.9 Å². The molecule has 0 saturated carbocycles. The van der Waals surface area contributed by atoms with Gasteiger partial charge in [-0.2, -0.15) is 0 Å². The highest BCUT2D eigenvalue weighted by Gasteiger charge is 2.35. The fourth-order valence-electron chi connectivity index (χ4n) is 3.91. The molecule has 0 saturated heterocycles. The Balaban J connectivity index is 2.10. The van der Waals surface area contributed by atoms with Gasteiger partial charge in [-0.25, -0.2) is 0 Å². The van der Waals surface area contributed by atoms with Gasteiger partial charge in [-0.3, -0.25) is 0 Å². The third kappa shape index (κ3) is 4.75. The lowest BCUT2D eigenvalue weighted by Gasteiger charge is -2.33. The van der Waals surface area contributed by atoms with Crippen molar-refractivity contribution in [1.82, 2.24) is 0 Å². The molecule has 0 unspecified atom stereocenters. The Morgan fingerprint density at radius 3 is 0.765 bits per heavy atom. The second-order valence-corrected chi connectivity index (χ2v) is 12.9. The Bertz CT molecular complexity index is 1050. The predicted molar refractivity (Wildman–Crippen MR) is 144 cm³/mol. The van der Waals surface area contributed by atoms with Crippen molar-refractivity contribution >= 4 is 36.4 Å². The normalized spacial score (nSPS) is 10.9. The highest BCUT2D eigenvalue weighted by Crippen LogP contribution is 2.69. The maximum Gasteiger partial charge on any atom is 0.127 e. The number of para-hydroxylation sites is 4. The molecule has 4 nitrogen and oxygen atoms in total. The molecule has 34 heavy (non-hydrogen) atoms. The van der Waals surface area contributed by atoms with Gasteiger partial charge in [-0.05, 0) is 39.5 Å². The molecule has 4 rings (SSSR count). The van der Waals surface area contributed by atoms with Gasteiger partial charge >= 0.3 is 0 Å². The van der Waals surface area contributed by atoms with Crippen LogP contribution in [0.5, 0.6) is 23.0 Å². The Kier molecular flexibility index (Phi) is 8.06. The summed E-state index contributed by atoms with van der Waals surface area (Å²) in [7, 11) is 4.88. The molecule has 0 aliphatic heterocycles. The van der Waals surface area contributed by atoms with E-state index in [1.807, 2.05) is 48.5 Å². The smallest absolute Gasteiger partial charge is 0.127 e. The van der Waals surface area contributed by atoms with Gasteiger partial charge in [0.2, 0.25) is 0 Å². The number of methoxy groups -OCH3 is 4. The highest BCUT2D eigenvalue weighted by molar-refractivity contribution is 8.41. The minimum absolute atomic E-state index is 0.858. The van der Waals surface area contributed by atoms with E-state index in [0.717, 1.165) is 44.2 Å². The molecule has 6 heteroatoms. The van der Waals surface area contributed by atoms with Crippen molar-refractivity contribution < 1.29 is 18.9 Å². The van der Waals surface area contributed by atoms with Crippen LogP contribution in [0.4, 0.5) is 0 Å². The molecule has 0 amide bonds. The quantitative estimate of drug-likeness (QED) is 0.302. The Hall–Kier alpha value is -3.06. The Morgan fingerprint density at radius 2 is 0.559 bits per heavy atom. The van der Waals surface area contributed by atoms with Gasteiger partial charge in [0.1, 0.15) is 23.0 Å². The summed E-state index contributed by atoms with van der Waals surface area (Å²) in [5.41, 5.74) is 0. The van der Waals surface area contributed by atoms with Gasteiger partial charge in [-0.1, -0.05) is 72.8 Å². The van der Waals surface area contributed by atoms with Crippen molar-refractivity contribution in [2.45, 2.75) is 0 Å². The van der Waals surface area contributed by atoms with E-state index in [2.05, 4.69) is 48.5 Å². The van der Waals surface area contributed by atoms with E-state index >= 15 is 0 Å². The van der Waals surface area contributed by atoms with E-state index in [4.69, 9.17) is 18.9 Å². The first kappa shape index (κ1) is 24.1. The second kappa shape index (κ2) is 11.4. The molecule has 0 heterocycles. The summed E-state index contributed by atoms with van der Waals surface area (Å²) in [5.74, 6) is 3.43. The molecule has 0 fully saturated rings. The van der Waals surface area contributed by atoms with Crippen LogP contribution in [0, 0.1) is 0 Å². The minimum Gasteiger partial charge on any atom is -0.496 e. The third-order valence-electron chi connectivity index (χ3n) is 5.45. The van der Waals surface area contributed by atoms with E-state index in [9.17, 15) is 0 Å². The van der Waals surface area contributed by atoms with Crippen molar-refractivity contribution in [3.05, 3.63) is 97.1 Å². The summed E-state index contributed by atoms with van der Waals surface area (Å²) >= 11 is 0. The first-order chi connectivity index (χ1) is 16.7. The second-order valence-electron chi connectivity index (χ2n) is 7.31. The Labute approximate surface area is 203 Å². The van der Waals surface area contributed by atoms with Gasteiger partial charge in [-0.15, -0.1) is 0 Å². The van der Waals surface area contributed by atoms with Crippen LogP contribution in [0.2, 0.25) is 0 Å². The standard InChI is InChI=1S/C28H28O4P2/c1-29-21-13-5-9-17-25(21)33(26-18-10-6-14-22(26)30-2)34(27-19-11-7-15-23(27)31-3)28-20-12-8-16-24(28)32-4/h5-20H,1-4H3. The molecule has 0 bridgehead atoms. The molecule has 0 aromatic heterocycles. The number of ether oxygens (including phenoxy) is 4. The summed E-state index contributed by atoms with van der Waals surface area (Å²) in [6, 6.07) is 33.1. The van der Waals surface area contributed by atoms with Crippen LogP contribution in [0.15, 0.2) is 97.1 Å². The van der Waals surface area contributed by atoms with Crippen molar-refractivity contribution in [1.29, 1.82) is 0 Å². The number of benzene rings is 4. The van der Waals surface area contributed by atoms with Crippen LogP contribution in [0.3, 0.4) is 0 Å². The van der Waals surface area contributed by atoms with E-state index in [1.165, 1.54) is 0 Å². The van der Waals surface area contributed by atoms with E-state index in [-0.39, 0.29) is 0 Å². The van der Waals surface area contributed by atoms with E-state index in [0.29, 0.717) is 0 Å². The lowest BCUT2D eigenvalue weighted by atomic mass is 10.3. The zero-order chi connectivity index (χ0) is 23.9. The average molecular weight is 490 g/mol. The number of rotatable bonds is 9. The maximum absolute atomic E-state index is 5.88. The van der Waals surface area contributed by atoms with Crippen LogP contribution in [0.25, 0.3) is 0 Å². The molecule has 4 aromatic carbocycles. The third-order valence-corrected chi connectivity index (χ3v) is 12.9. The van der Waals surface area contributed by atoms with Gasteiger partial charge in [0.05, 0.1) is 28.4 Å². The van der Waals surface area contributed by atoms with Crippen molar-refractivity contribution in [2.24, 2.45) is 0 Å².